The van der Waals surface area contributed by atoms with E-state index in [0.717, 1.165) is 0 Å². The third kappa shape index (κ3) is 3.28. The molecule has 4 nitrogen and oxygen atoms in total. The normalized spacial score (nSPS) is 11.1. The molecule has 0 aliphatic carbocycles. The number of benzene rings is 1. The van der Waals surface area contributed by atoms with Crippen molar-refractivity contribution in [3.63, 3.8) is 0 Å². The second-order valence-electron chi connectivity index (χ2n) is 2.85. The highest BCUT2D eigenvalue weighted by atomic mass is 35.5. The van der Waals surface area contributed by atoms with Gasteiger partial charge < -0.3 is 4.74 Å². The van der Waals surface area contributed by atoms with Gasteiger partial charge in [0, 0.05) is 6.07 Å². The lowest BCUT2D eigenvalue weighted by atomic mass is 10.3. The van der Waals surface area contributed by atoms with E-state index in [4.69, 9.17) is 16.3 Å². The molecule has 1 rings (SSSR count). The Hall–Kier alpha value is -0.940. The first-order valence-corrected chi connectivity index (χ1v) is 6.35. The summed E-state index contributed by atoms with van der Waals surface area (Å²) in [5.41, 5.74) is 0.331. The maximum absolute atomic E-state index is 11.3. The molecule has 6 heteroatoms. The number of nitrogens with one attached hydrogen (secondary N) is 1. The summed E-state index contributed by atoms with van der Waals surface area (Å²) in [4.78, 5) is 0. The summed E-state index contributed by atoms with van der Waals surface area (Å²) >= 11 is 5.83. The lowest BCUT2D eigenvalue weighted by molar-refractivity contribution is 0.415. The number of halogens is 1. The van der Waals surface area contributed by atoms with Crippen LogP contribution in [0.1, 0.15) is 6.92 Å². The van der Waals surface area contributed by atoms with Crippen molar-refractivity contribution in [2.75, 3.05) is 17.6 Å². The largest absolute Gasteiger partial charge is 0.497 e. The molecule has 15 heavy (non-hydrogen) atoms. The van der Waals surface area contributed by atoms with Crippen LogP contribution in [-0.2, 0) is 10.0 Å². The number of rotatable bonds is 4. The summed E-state index contributed by atoms with van der Waals surface area (Å²) in [5.74, 6) is 0.550. The Balaban J connectivity index is 3.04. The average Bonchev–Trinajstić information content (AvgIpc) is 2.21. The topological polar surface area (TPSA) is 55.4 Å². The fourth-order valence-electron chi connectivity index (χ4n) is 0.949. The summed E-state index contributed by atoms with van der Waals surface area (Å²) in [7, 11) is -1.81. The highest BCUT2D eigenvalue weighted by molar-refractivity contribution is 7.92. The first kappa shape index (κ1) is 12.1. The molecule has 0 aliphatic rings. The zero-order valence-electron chi connectivity index (χ0n) is 8.45. The summed E-state index contributed by atoms with van der Waals surface area (Å²) < 4.78 is 30.0. The van der Waals surface area contributed by atoms with Crippen molar-refractivity contribution in [2.24, 2.45) is 0 Å². The molecule has 0 amide bonds. The van der Waals surface area contributed by atoms with Crippen molar-refractivity contribution in [3.05, 3.63) is 23.2 Å². The maximum Gasteiger partial charge on any atom is 0.232 e. The quantitative estimate of drug-likeness (QED) is 0.889. The molecule has 0 saturated heterocycles. The van der Waals surface area contributed by atoms with E-state index in [0.29, 0.717) is 16.5 Å². The van der Waals surface area contributed by atoms with Gasteiger partial charge >= 0.3 is 0 Å². The van der Waals surface area contributed by atoms with Crippen LogP contribution in [0, 0.1) is 0 Å². The summed E-state index contributed by atoms with van der Waals surface area (Å²) in [6.45, 7) is 1.55. The maximum atomic E-state index is 11.3. The second-order valence-corrected chi connectivity index (χ2v) is 5.27. The van der Waals surface area contributed by atoms with Crippen LogP contribution in [0.15, 0.2) is 18.2 Å². The molecule has 0 spiro atoms. The van der Waals surface area contributed by atoms with Gasteiger partial charge in [-0.25, -0.2) is 8.42 Å². The van der Waals surface area contributed by atoms with Gasteiger partial charge in [-0.15, -0.1) is 0 Å². The van der Waals surface area contributed by atoms with E-state index in [1.165, 1.54) is 13.2 Å². The highest BCUT2D eigenvalue weighted by Gasteiger charge is 2.10. The third-order valence-electron chi connectivity index (χ3n) is 1.82. The minimum Gasteiger partial charge on any atom is -0.497 e. The van der Waals surface area contributed by atoms with E-state index in [1.54, 1.807) is 19.1 Å². The predicted molar refractivity (Wildman–Crippen MR) is 61.1 cm³/mol. The van der Waals surface area contributed by atoms with Gasteiger partial charge in [0.15, 0.2) is 0 Å². The van der Waals surface area contributed by atoms with Crippen molar-refractivity contribution in [1.82, 2.24) is 0 Å². The summed E-state index contributed by atoms with van der Waals surface area (Å²) in [6, 6.07) is 4.77. The minimum absolute atomic E-state index is 0.000534. The van der Waals surface area contributed by atoms with Crippen molar-refractivity contribution < 1.29 is 13.2 Å². The van der Waals surface area contributed by atoms with E-state index in [2.05, 4.69) is 4.72 Å². The Kier molecular flexibility index (Phi) is 3.82. The van der Waals surface area contributed by atoms with E-state index in [1.807, 2.05) is 0 Å². The van der Waals surface area contributed by atoms with E-state index in [-0.39, 0.29) is 5.75 Å². The van der Waals surface area contributed by atoms with Crippen LogP contribution in [0.2, 0.25) is 5.02 Å². The van der Waals surface area contributed by atoms with Gasteiger partial charge in [-0.2, -0.15) is 0 Å². The number of sulfonamides is 1. The van der Waals surface area contributed by atoms with Gasteiger partial charge in [0.05, 0.1) is 23.6 Å². The Morgan fingerprint density at radius 3 is 2.67 bits per heavy atom. The third-order valence-corrected chi connectivity index (χ3v) is 3.44. The Morgan fingerprint density at radius 1 is 1.47 bits per heavy atom. The molecule has 84 valence electrons. The molecule has 0 bridgehead atoms. The van der Waals surface area contributed by atoms with Crippen LogP contribution in [0.4, 0.5) is 5.69 Å². The smallest absolute Gasteiger partial charge is 0.232 e. The number of methoxy groups -OCH3 is 1. The monoisotopic (exact) mass is 249 g/mol. The number of anilines is 1. The summed E-state index contributed by atoms with van der Waals surface area (Å²) in [5, 5.41) is 0.341. The van der Waals surface area contributed by atoms with Crippen molar-refractivity contribution >= 4 is 27.3 Å². The molecule has 1 N–H and O–H groups in total. The summed E-state index contributed by atoms with van der Waals surface area (Å²) in [6.07, 6.45) is 0. The van der Waals surface area contributed by atoms with Gasteiger partial charge in [-0.3, -0.25) is 4.72 Å². The molecule has 0 saturated carbocycles. The van der Waals surface area contributed by atoms with E-state index in [9.17, 15) is 8.42 Å². The first-order chi connectivity index (χ1) is 6.98. The van der Waals surface area contributed by atoms with Gasteiger partial charge in [-0.05, 0) is 19.1 Å². The number of hydrogen-bond acceptors (Lipinski definition) is 3. The molecule has 1 aromatic rings. The molecular formula is C9H12ClNO3S. The van der Waals surface area contributed by atoms with Gasteiger partial charge in [-0.1, -0.05) is 11.6 Å². The minimum atomic E-state index is -3.31. The molecule has 0 heterocycles. The molecule has 0 atom stereocenters. The highest BCUT2D eigenvalue weighted by Crippen LogP contribution is 2.27. The standard InChI is InChI=1S/C9H12ClNO3S/c1-3-15(12,13)11-9-6-7(14-2)4-5-8(9)10/h4-6,11H,3H2,1-2H3. The zero-order chi connectivity index (χ0) is 11.5. The van der Waals surface area contributed by atoms with Crippen LogP contribution < -0.4 is 9.46 Å². The van der Waals surface area contributed by atoms with Gasteiger partial charge in [0.25, 0.3) is 0 Å². The molecule has 0 fully saturated rings. The van der Waals surface area contributed by atoms with E-state index >= 15 is 0 Å². The van der Waals surface area contributed by atoms with Crippen LogP contribution in [-0.4, -0.2) is 21.3 Å². The fraction of sp³-hybridized carbons (Fsp3) is 0.333. The number of ether oxygens (including phenoxy) is 1. The molecule has 1 aromatic carbocycles. The SMILES string of the molecule is CCS(=O)(=O)Nc1cc(OC)ccc1Cl. The zero-order valence-corrected chi connectivity index (χ0v) is 10.0. The first-order valence-electron chi connectivity index (χ1n) is 4.32. The van der Waals surface area contributed by atoms with Gasteiger partial charge in [0.2, 0.25) is 10.0 Å². The van der Waals surface area contributed by atoms with Crippen molar-refractivity contribution in [2.45, 2.75) is 6.92 Å². The number of hydrogen-bond donors (Lipinski definition) is 1. The van der Waals surface area contributed by atoms with Gasteiger partial charge in [0.1, 0.15) is 5.75 Å². The van der Waals surface area contributed by atoms with E-state index < -0.39 is 10.0 Å². The fourth-order valence-corrected chi connectivity index (χ4v) is 1.82. The van der Waals surface area contributed by atoms with Crippen LogP contribution >= 0.6 is 11.6 Å². The van der Waals surface area contributed by atoms with Crippen LogP contribution in [0.3, 0.4) is 0 Å². The van der Waals surface area contributed by atoms with Crippen LogP contribution in [0.5, 0.6) is 5.75 Å². The molecule has 0 aromatic heterocycles. The molecule has 0 radical (unpaired) electrons. The lowest BCUT2D eigenvalue weighted by Gasteiger charge is -2.09. The lowest BCUT2D eigenvalue weighted by Crippen LogP contribution is -2.14. The van der Waals surface area contributed by atoms with Crippen molar-refractivity contribution in [3.8, 4) is 5.75 Å². The predicted octanol–water partition coefficient (Wildman–Crippen LogP) is 2.11. The molecular weight excluding hydrogens is 238 g/mol. The Bertz CT molecular complexity index is 445. The Morgan fingerprint density at radius 2 is 2.13 bits per heavy atom. The Labute approximate surface area is 94.3 Å². The molecule has 0 aliphatic heterocycles. The van der Waals surface area contributed by atoms with Crippen LogP contribution in [0.25, 0.3) is 0 Å². The molecule has 0 unspecified atom stereocenters. The van der Waals surface area contributed by atoms with Crippen molar-refractivity contribution in [1.29, 1.82) is 0 Å². The second kappa shape index (κ2) is 4.72. The average molecular weight is 250 g/mol.